The third-order valence-corrected chi connectivity index (χ3v) is 4.06. The zero-order valence-electron chi connectivity index (χ0n) is 14.8. The van der Waals surface area contributed by atoms with Gasteiger partial charge in [-0.1, -0.05) is 0 Å². The number of aliphatic hydroxyl groups excluding tert-OH is 1. The van der Waals surface area contributed by atoms with Crippen LogP contribution in [0.25, 0.3) is 10.9 Å². The van der Waals surface area contributed by atoms with Crippen LogP contribution in [0.15, 0.2) is 24.4 Å². The van der Waals surface area contributed by atoms with Crippen molar-refractivity contribution in [2.75, 3.05) is 20.2 Å². The molecule has 3 rings (SSSR count). The summed E-state index contributed by atoms with van der Waals surface area (Å²) in [5, 5.41) is 9.75. The molecule has 2 aromatic rings. The number of carbonyl (C=O) groups is 2. The first-order valence-corrected chi connectivity index (χ1v) is 7.06. The number of nitrogens with zero attached hydrogens (tertiary/aromatic N) is 1. The maximum atomic E-state index is 12.6. The zero-order valence-corrected chi connectivity index (χ0v) is 11.8. The first-order valence-electron chi connectivity index (χ1n) is 8.56. The van der Waals surface area contributed by atoms with Crippen molar-refractivity contribution in [3.8, 4) is 5.75 Å². The molecular weight excluding hydrogens is 284 g/mol. The number of aromatic amines is 1. The Morgan fingerprint density at radius 1 is 1.55 bits per heavy atom. The number of hydrogen-bond donors (Lipinski definition) is 2. The second-order valence-corrected chi connectivity index (χ2v) is 5.32. The minimum absolute atomic E-state index is 0.0861. The lowest BCUT2D eigenvalue weighted by atomic mass is 10.1. The monoisotopic (exact) mass is 305 g/mol. The smallest absolute Gasteiger partial charge is 0.295 e. The number of nitrogens with one attached hydrogen (secondary N) is 1. The largest absolute Gasteiger partial charge is 0.497 e. The van der Waals surface area contributed by atoms with E-state index in [1.807, 2.05) is 0 Å². The Labute approximate surface area is 131 Å². The minimum Gasteiger partial charge on any atom is -0.497 e. The molecule has 2 N–H and O–H groups in total. The van der Waals surface area contributed by atoms with Crippen LogP contribution in [0, 0.1) is 0 Å². The average Bonchev–Trinajstić information content (AvgIpc) is 3.18. The number of aromatic nitrogens is 1. The molecule has 0 radical (unpaired) electrons. The van der Waals surface area contributed by atoms with E-state index in [9.17, 15) is 14.7 Å². The predicted molar refractivity (Wildman–Crippen MR) is 81.0 cm³/mol. The topological polar surface area (TPSA) is 82.6 Å². The molecule has 6 nitrogen and oxygen atoms in total. The second kappa shape index (κ2) is 5.81. The van der Waals surface area contributed by atoms with Gasteiger partial charge in [0.1, 0.15) is 5.75 Å². The number of ketones is 1. The normalized spacial score (nSPS) is 20.5. The van der Waals surface area contributed by atoms with Crippen LogP contribution in [0.4, 0.5) is 0 Å². The van der Waals surface area contributed by atoms with Crippen LogP contribution < -0.4 is 4.74 Å². The van der Waals surface area contributed by atoms with E-state index in [0.29, 0.717) is 23.9 Å². The summed E-state index contributed by atoms with van der Waals surface area (Å²) in [7, 11) is -2.60. The molecule has 1 aliphatic rings. The molecule has 1 aliphatic heterocycles. The maximum Gasteiger partial charge on any atom is 0.295 e. The fourth-order valence-corrected chi connectivity index (χ4v) is 2.89. The van der Waals surface area contributed by atoms with Crippen molar-refractivity contribution in [1.29, 1.82) is 0 Å². The number of fused-ring (bicyclic) bond motifs is 1. The number of Topliss-reactive ketones (excluding diaryl/α,β-unsaturated/α-hetero) is 1. The van der Waals surface area contributed by atoms with Gasteiger partial charge in [-0.3, -0.25) is 9.59 Å². The molecule has 0 saturated carbocycles. The van der Waals surface area contributed by atoms with Crippen molar-refractivity contribution in [2.45, 2.75) is 18.9 Å². The van der Waals surface area contributed by atoms with Crippen molar-refractivity contribution in [3.63, 3.8) is 0 Å². The van der Waals surface area contributed by atoms with Crippen LogP contribution >= 0.6 is 0 Å². The van der Waals surface area contributed by atoms with Crippen LogP contribution in [-0.2, 0) is 4.79 Å². The number of likely N-dealkylation sites (tertiary alicyclic amines) is 1. The second-order valence-electron chi connectivity index (χ2n) is 5.32. The number of H-pyrrole nitrogens is 1. The van der Waals surface area contributed by atoms with Crippen LogP contribution in [0.5, 0.6) is 5.75 Å². The molecular formula is C16H18N2O4. The van der Waals surface area contributed by atoms with E-state index in [-0.39, 0.29) is 24.0 Å². The predicted octanol–water partition coefficient (Wildman–Crippen LogP) is 1.34. The average molecular weight is 305 g/mol. The third kappa shape index (κ3) is 2.35. The van der Waals surface area contributed by atoms with Crippen LogP contribution in [-0.4, -0.2) is 52.9 Å². The van der Waals surface area contributed by atoms with E-state index < -0.39 is 18.7 Å². The molecule has 0 unspecified atom stereocenters. The lowest BCUT2D eigenvalue weighted by Crippen LogP contribution is -2.41. The molecule has 1 atom stereocenters. The standard InChI is InChI=1S/C16H18N2O4/c1-22-11-4-5-14-12(7-11)13(8-17-14)15(20)16(21)18-6-2-3-10(18)9-19/h4-5,7-8,10,17,19H,2-3,6,9H2,1H3/t10-/m0/s1/i1D3. The lowest BCUT2D eigenvalue weighted by molar-refractivity contribution is -0.127. The molecule has 1 saturated heterocycles. The van der Waals surface area contributed by atoms with Gasteiger partial charge >= 0.3 is 0 Å². The molecule has 6 heteroatoms. The maximum absolute atomic E-state index is 12.6. The Kier molecular flexibility index (Phi) is 2.97. The van der Waals surface area contributed by atoms with Gasteiger partial charge < -0.3 is 19.7 Å². The number of rotatable bonds is 4. The molecule has 2 heterocycles. The Hall–Kier alpha value is -2.34. The summed E-state index contributed by atoms with van der Waals surface area (Å²) >= 11 is 0. The highest BCUT2D eigenvalue weighted by Crippen LogP contribution is 2.25. The van der Waals surface area contributed by atoms with E-state index in [1.54, 1.807) is 6.07 Å². The Morgan fingerprint density at radius 2 is 2.41 bits per heavy atom. The summed E-state index contributed by atoms with van der Waals surface area (Å²) in [6.07, 6.45) is 2.84. The van der Waals surface area contributed by atoms with Crippen molar-refractivity contribution >= 4 is 22.6 Å². The van der Waals surface area contributed by atoms with Gasteiger partial charge in [-0.25, -0.2) is 0 Å². The highest BCUT2D eigenvalue weighted by atomic mass is 16.5. The molecule has 22 heavy (non-hydrogen) atoms. The van der Waals surface area contributed by atoms with Crippen LogP contribution in [0.1, 0.15) is 27.3 Å². The summed E-state index contributed by atoms with van der Waals surface area (Å²) in [6.45, 7) is 0.259. The third-order valence-electron chi connectivity index (χ3n) is 4.06. The molecule has 1 aromatic heterocycles. The number of aliphatic hydroxyl groups is 1. The highest BCUT2D eigenvalue weighted by molar-refractivity contribution is 6.45. The molecule has 1 aromatic carbocycles. The van der Waals surface area contributed by atoms with E-state index in [4.69, 9.17) is 8.85 Å². The first kappa shape index (κ1) is 11.3. The van der Waals surface area contributed by atoms with E-state index >= 15 is 0 Å². The highest BCUT2D eigenvalue weighted by Gasteiger charge is 2.33. The Balaban J connectivity index is 1.91. The molecule has 116 valence electrons. The molecule has 0 spiro atoms. The van der Waals surface area contributed by atoms with Crippen molar-refractivity contribution in [3.05, 3.63) is 30.0 Å². The number of benzene rings is 1. The summed E-state index contributed by atoms with van der Waals surface area (Å²) < 4.78 is 26.3. The summed E-state index contributed by atoms with van der Waals surface area (Å²) in [4.78, 5) is 29.4. The fraction of sp³-hybridized carbons (Fsp3) is 0.375. The summed E-state index contributed by atoms with van der Waals surface area (Å²) in [5.41, 5.74) is 0.744. The van der Waals surface area contributed by atoms with E-state index in [1.165, 1.54) is 23.2 Å². The van der Waals surface area contributed by atoms with Gasteiger partial charge in [-0.05, 0) is 31.0 Å². The minimum atomic E-state index is -2.60. The fourth-order valence-electron chi connectivity index (χ4n) is 2.89. The van der Waals surface area contributed by atoms with Crippen LogP contribution in [0.2, 0.25) is 0 Å². The van der Waals surface area contributed by atoms with Crippen molar-refractivity contribution in [1.82, 2.24) is 9.88 Å². The van der Waals surface area contributed by atoms with Gasteiger partial charge in [0.05, 0.1) is 29.4 Å². The van der Waals surface area contributed by atoms with Gasteiger partial charge in [0.2, 0.25) is 0 Å². The number of ether oxygens (including phenoxy) is 1. The Bertz CT molecular complexity index is 815. The SMILES string of the molecule is [2H]C([2H])([2H])Oc1ccc2[nH]cc(C(=O)C(=O)N3CCC[C@H]3CO)c2c1. The number of carbonyl (C=O) groups excluding carboxylic acids is 2. The van der Waals surface area contributed by atoms with E-state index in [2.05, 4.69) is 4.98 Å². The first-order chi connectivity index (χ1) is 11.8. The van der Waals surface area contributed by atoms with Gasteiger partial charge in [-0.2, -0.15) is 0 Å². The van der Waals surface area contributed by atoms with Crippen molar-refractivity contribution < 1.29 is 23.5 Å². The molecule has 1 amide bonds. The number of amides is 1. The molecule has 0 aliphatic carbocycles. The zero-order chi connectivity index (χ0) is 18.2. The Morgan fingerprint density at radius 3 is 3.18 bits per heavy atom. The van der Waals surface area contributed by atoms with Gasteiger partial charge in [0.25, 0.3) is 11.7 Å². The lowest BCUT2D eigenvalue weighted by Gasteiger charge is -2.21. The summed E-state index contributed by atoms with van der Waals surface area (Å²) in [5.74, 6) is -1.28. The van der Waals surface area contributed by atoms with Crippen LogP contribution in [0.3, 0.4) is 0 Å². The quantitative estimate of drug-likeness (QED) is 0.659. The number of hydrogen-bond acceptors (Lipinski definition) is 4. The summed E-state index contributed by atoms with van der Waals surface area (Å²) in [6, 6.07) is 4.15. The van der Waals surface area contributed by atoms with Crippen molar-refractivity contribution in [2.24, 2.45) is 0 Å². The van der Waals surface area contributed by atoms with Gasteiger partial charge in [-0.15, -0.1) is 0 Å². The molecule has 0 bridgehead atoms. The molecule has 1 fully saturated rings. The van der Waals surface area contributed by atoms with Gasteiger partial charge in [0, 0.05) is 23.6 Å². The van der Waals surface area contributed by atoms with E-state index in [0.717, 1.165) is 6.42 Å². The number of methoxy groups -OCH3 is 1. The van der Waals surface area contributed by atoms with Gasteiger partial charge in [0.15, 0.2) is 0 Å².